The molecule has 6 heteroatoms. The fraction of sp³-hybridized carbons (Fsp3) is 0.267. The van der Waals surface area contributed by atoms with Gasteiger partial charge in [-0.1, -0.05) is 12.1 Å². The summed E-state index contributed by atoms with van der Waals surface area (Å²) in [7, 11) is 0. The first-order chi connectivity index (χ1) is 10.0. The summed E-state index contributed by atoms with van der Waals surface area (Å²) in [5.74, 6) is 0.0360. The standard InChI is InChI=1S/C15H17FN4O/c1-10(2)20-15(21)13-7-14(19-9-18-13)17-8-11-3-5-12(16)6-4-11/h3-7,9-10H,8H2,1-2H3,(H,20,21)(H,17,18,19). The number of nitrogens with zero attached hydrogens (tertiary/aromatic N) is 2. The molecule has 0 aliphatic heterocycles. The minimum atomic E-state index is -0.270. The van der Waals surface area contributed by atoms with Crippen molar-refractivity contribution in [3.8, 4) is 0 Å². The summed E-state index contributed by atoms with van der Waals surface area (Å²) in [4.78, 5) is 19.9. The number of amides is 1. The molecule has 0 spiro atoms. The van der Waals surface area contributed by atoms with E-state index in [-0.39, 0.29) is 17.8 Å². The Balaban J connectivity index is 2.00. The van der Waals surface area contributed by atoms with Crippen molar-refractivity contribution < 1.29 is 9.18 Å². The van der Waals surface area contributed by atoms with Gasteiger partial charge in [0.05, 0.1) is 0 Å². The fourth-order valence-electron chi connectivity index (χ4n) is 1.71. The summed E-state index contributed by atoms with van der Waals surface area (Å²) in [6, 6.07) is 7.81. The Morgan fingerprint density at radius 3 is 2.62 bits per heavy atom. The number of carbonyl (C=O) groups excluding carboxylic acids is 1. The molecule has 21 heavy (non-hydrogen) atoms. The van der Waals surface area contributed by atoms with E-state index in [2.05, 4.69) is 20.6 Å². The van der Waals surface area contributed by atoms with Crippen molar-refractivity contribution in [2.75, 3.05) is 5.32 Å². The molecule has 1 aromatic heterocycles. The minimum Gasteiger partial charge on any atom is -0.366 e. The highest BCUT2D eigenvalue weighted by Gasteiger charge is 2.09. The SMILES string of the molecule is CC(C)NC(=O)c1cc(NCc2ccc(F)cc2)ncn1. The lowest BCUT2D eigenvalue weighted by atomic mass is 10.2. The van der Waals surface area contributed by atoms with Gasteiger partial charge < -0.3 is 10.6 Å². The molecule has 0 unspecified atom stereocenters. The van der Waals surface area contributed by atoms with Crippen molar-refractivity contribution in [1.29, 1.82) is 0 Å². The summed E-state index contributed by atoms with van der Waals surface area (Å²) in [6.45, 7) is 4.25. The Kier molecular flexibility index (Phi) is 4.81. The van der Waals surface area contributed by atoms with Crippen molar-refractivity contribution >= 4 is 11.7 Å². The minimum absolute atomic E-state index is 0.0445. The molecule has 2 aromatic rings. The molecule has 0 radical (unpaired) electrons. The van der Waals surface area contributed by atoms with E-state index in [0.29, 0.717) is 18.1 Å². The summed E-state index contributed by atoms with van der Waals surface area (Å²) in [5, 5.41) is 5.84. The van der Waals surface area contributed by atoms with Crippen molar-refractivity contribution in [3.63, 3.8) is 0 Å². The number of carbonyl (C=O) groups is 1. The van der Waals surface area contributed by atoms with Gasteiger partial charge in [0.1, 0.15) is 23.7 Å². The molecular weight excluding hydrogens is 271 g/mol. The lowest BCUT2D eigenvalue weighted by Crippen LogP contribution is -2.30. The van der Waals surface area contributed by atoms with E-state index in [1.54, 1.807) is 18.2 Å². The Labute approximate surface area is 122 Å². The second-order valence-electron chi connectivity index (χ2n) is 4.90. The first-order valence-corrected chi connectivity index (χ1v) is 6.66. The predicted molar refractivity (Wildman–Crippen MR) is 78.4 cm³/mol. The first kappa shape index (κ1) is 14.9. The van der Waals surface area contributed by atoms with Gasteiger partial charge in [0, 0.05) is 18.7 Å². The molecule has 0 atom stereocenters. The molecule has 1 aromatic carbocycles. The molecule has 0 fully saturated rings. The van der Waals surface area contributed by atoms with Gasteiger partial charge in [-0.3, -0.25) is 4.79 Å². The predicted octanol–water partition coefficient (Wildman–Crippen LogP) is 2.37. The lowest BCUT2D eigenvalue weighted by Gasteiger charge is -2.09. The van der Waals surface area contributed by atoms with Crippen LogP contribution >= 0.6 is 0 Å². The van der Waals surface area contributed by atoms with Crippen LogP contribution in [0.5, 0.6) is 0 Å². The van der Waals surface area contributed by atoms with Crippen LogP contribution in [0.15, 0.2) is 36.7 Å². The highest BCUT2D eigenvalue weighted by Crippen LogP contribution is 2.08. The van der Waals surface area contributed by atoms with Crippen LogP contribution in [-0.2, 0) is 6.54 Å². The Morgan fingerprint density at radius 1 is 1.24 bits per heavy atom. The molecule has 2 rings (SSSR count). The Morgan fingerprint density at radius 2 is 1.95 bits per heavy atom. The van der Waals surface area contributed by atoms with Gasteiger partial charge in [-0.05, 0) is 31.5 Å². The monoisotopic (exact) mass is 288 g/mol. The lowest BCUT2D eigenvalue weighted by molar-refractivity contribution is 0.0938. The number of anilines is 1. The Hall–Kier alpha value is -2.50. The van der Waals surface area contributed by atoms with Crippen molar-refractivity contribution in [2.45, 2.75) is 26.4 Å². The number of rotatable bonds is 5. The first-order valence-electron chi connectivity index (χ1n) is 6.66. The maximum absolute atomic E-state index is 12.8. The van der Waals surface area contributed by atoms with Gasteiger partial charge >= 0.3 is 0 Å². The van der Waals surface area contributed by atoms with E-state index in [9.17, 15) is 9.18 Å². The summed E-state index contributed by atoms with van der Waals surface area (Å²) < 4.78 is 12.8. The molecule has 0 aliphatic carbocycles. The molecular formula is C15H17FN4O. The zero-order chi connectivity index (χ0) is 15.2. The van der Waals surface area contributed by atoms with Crippen molar-refractivity contribution in [3.05, 3.63) is 53.7 Å². The van der Waals surface area contributed by atoms with Gasteiger partial charge in [-0.2, -0.15) is 0 Å². The average molecular weight is 288 g/mol. The van der Waals surface area contributed by atoms with E-state index in [0.717, 1.165) is 5.56 Å². The van der Waals surface area contributed by atoms with Crippen LogP contribution < -0.4 is 10.6 Å². The van der Waals surface area contributed by atoms with Crippen LogP contribution in [0.4, 0.5) is 10.2 Å². The largest absolute Gasteiger partial charge is 0.366 e. The normalized spacial score (nSPS) is 10.5. The van der Waals surface area contributed by atoms with Crippen LogP contribution in [0.2, 0.25) is 0 Å². The molecule has 0 saturated carbocycles. The van der Waals surface area contributed by atoms with Gasteiger partial charge in [0.15, 0.2) is 0 Å². The van der Waals surface area contributed by atoms with Crippen LogP contribution in [0.3, 0.4) is 0 Å². The second kappa shape index (κ2) is 6.78. The van der Waals surface area contributed by atoms with E-state index < -0.39 is 0 Å². The van der Waals surface area contributed by atoms with E-state index >= 15 is 0 Å². The van der Waals surface area contributed by atoms with E-state index in [1.165, 1.54) is 18.5 Å². The highest BCUT2D eigenvalue weighted by molar-refractivity contribution is 5.92. The van der Waals surface area contributed by atoms with Crippen molar-refractivity contribution in [2.24, 2.45) is 0 Å². The van der Waals surface area contributed by atoms with Gasteiger partial charge in [0.25, 0.3) is 5.91 Å². The number of aromatic nitrogens is 2. The topological polar surface area (TPSA) is 66.9 Å². The van der Waals surface area contributed by atoms with Crippen LogP contribution in [0.25, 0.3) is 0 Å². The highest BCUT2D eigenvalue weighted by atomic mass is 19.1. The fourth-order valence-corrected chi connectivity index (χ4v) is 1.71. The quantitative estimate of drug-likeness (QED) is 0.886. The van der Waals surface area contributed by atoms with Crippen LogP contribution in [0.1, 0.15) is 29.9 Å². The molecule has 2 N–H and O–H groups in total. The molecule has 110 valence electrons. The smallest absolute Gasteiger partial charge is 0.270 e. The molecule has 1 heterocycles. The third-order valence-electron chi connectivity index (χ3n) is 2.71. The molecule has 1 amide bonds. The van der Waals surface area contributed by atoms with Crippen molar-refractivity contribution in [1.82, 2.24) is 15.3 Å². The molecule has 0 saturated heterocycles. The van der Waals surface area contributed by atoms with Gasteiger partial charge in [0.2, 0.25) is 0 Å². The third kappa shape index (κ3) is 4.52. The summed E-state index contributed by atoms with van der Waals surface area (Å²) >= 11 is 0. The molecule has 5 nitrogen and oxygen atoms in total. The summed E-state index contributed by atoms with van der Waals surface area (Å²) in [6.07, 6.45) is 1.34. The maximum atomic E-state index is 12.8. The summed E-state index contributed by atoms with van der Waals surface area (Å²) in [5.41, 5.74) is 1.23. The third-order valence-corrected chi connectivity index (χ3v) is 2.71. The van der Waals surface area contributed by atoms with Gasteiger partial charge in [-0.25, -0.2) is 14.4 Å². The van der Waals surface area contributed by atoms with E-state index in [4.69, 9.17) is 0 Å². The molecule has 0 bridgehead atoms. The van der Waals surface area contributed by atoms with Gasteiger partial charge in [-0.15, -0.1) is 0 Å². The number of hydrogen-bond acceptors (Lipinski definition) is 4. The number of halogens is 1. The number of benzene rings is 1. The molecule has 0 aliphatic rings. The average Bonchev–Trinajstić information content (AvgIpc) is 2.46. The van der Waals surface area contributed by atoms with E-state index in [1.807, 2.05) is 13.8 Å². The number of hydrogen-bond donors (Lipinski definition) is 2. The maximum Gasteiger partial charge on any atom is 0.270 e. The zero-order valence-electron chi connectivity index (χ0n) is 11.9. The Bertz CT molecular complexity index is 613. The van der Waals surface area contributed by atoms with Crippen LogP contribution in [0, 0.1) is 5.82 Å². The number of nitrogens with one attached hydrogen (secondary N) is 2. The van der Waals surface area contributed by atoms with Crippen LogP contribution in [-0.4, -0.2) is 21.9 Å². The second-order valence-corrected chi connectivity index (χ2v) is 4.90. The zero-order valence-corrected chi connectivity index (χ0v) is 11.9.